The van der Waals surface area contributed by atoms with E-state index in [1.165, 1.54) is 18.4 Å². The second-order valence-corrected chi connectivity index (χ2v) is 3.78. The van der Waals surface area contributed by atoms with E-state index in [-0.39, 0.29) is 0 Å². The van der Waals surface area contributed by atoms with Gasteiger partial charge in [-0.25, -0.2) is 0 Å². The first kappa shape index (κ1) is 12.1. The van der Waals surface area contributed by atoms with E-state index in [0.29, 0.717) is 6.04 Å². The van der Waals surface area contributed by atoms with Crippen LogP contribution in [-0.4, -0.2) is 20.2 Å². The quantitative estimate of drug-likeness (QED) is 0.774. The lowest BCUT2D eigenvalue weighted by atomic mass is 10.0. The Labute approximate surface area is 92.6 Å². The van der Waals surface area contributed by atoms with Gasteiger partial charge in [-0.15, -0.1) is 0 Å². The second kappa shape index (κ2) is 6.46. The summed E-state index contributed by atoms with van der Waals surface area (Å²) in [5, 5.41) is 3.32. The highest BCUT2D eigenvalue weighted by atomic mass is 16.5. The Bertz CT molecular complexity index is 282. The van der Waals surface area contributed by atoms with Gasteiger partial charge < -0.3 is 10.1 Å². The maximum absolute atomic E-state index is 5.20. The minimum atomic E-state index is 0.621. The molecular weight excluding hydrogens is 186 g/mol. The first-order valence-corrected chi connectivity index (χ1v) is 5.60. The minimum Gasteiger partial charge on any atom is -0.497 e. The van der Waals surface area contributed by atoms with Crippen LogP contribution in [0.15, 0.2) is 24.3 Å². The van der Waals surface area contributed by atoms with E-state index in [2.05, 4.69) is 30.4 Å². The minimum absolute atomic E-state index is 0.621. The number of aryl methyl sites for hydroxylation is 1. The Balaban J connectivity index is 2.49. The molecule has 2 heteroatoms. The average Bonchev–Trinajstić information content (AvgIpc) is 2.31. The molecule has 1 atom stereocenters. The molecule has 0 aliphatic heterocycles. The molecule has 0 heterocycles. The molecule has 1 aromatic carbocycles. The second-order valence-electron chi connectivity index (χ2n) is 3.78. The Kier molecular flexibility index (Phi) is 5.19. The summed E-state index contributed by atoms with van der Waals surface area (Å²) in [6.45, 7) is 2.22. The molecule has 0 saturated heterocycles. The van der Waals surface area contributed by atoms with Gasteiger partial charge in [-0.05, 0) is 44.0 Å². The van der Waals surface area contributed by atoms with Gasteiger partial charge in [0.15, 0.2) is 0 Å². The third-order valence-corrected chi connectivity index (χ3v) is 2.82. The number of hydrogen-bond donors (Lipinski definition) is 1. The standard InChI is InChI=1S/C13H21NO/c1-4-12(14-2)9-8-11-6-5-7-13(10-11)15-3/h5-7,10,12,14H,4,8-9H2,1-3H3. The van der Waals surface area contributed by atoms with Gasteiger partial charge in [-0.1, -0.05) is 19.1 Å². The molecule has 84 valence electrons. The van der Waals surface area contributed by atoms with Gasteiger partial charge in [0.2, 0.25) is 0 Å². The van der Waals surface area contributed by atoms with E-state index in [0.717, 1.165) is 12.2 Å². The topological polar surface area (TPSA) is 21.3 Å². The summed E-state index contributed by atoms with van der Waals surface area (Å²) >= 11 is 0. The molecule has 0 saturated carbocycles. The molecule has 0 amide bonds. The highest BCUT2D eigenvalue weighted by Crippen LogP contribution is 2.14. The zero-order valence-corrected chi connectivity index (χ0v) is 9.92. The third kappa shape index (κ3) is 3.92. The number of ether oxygens (including phenoxy) is 1. The molecule has 0 fully saturated rings. The fourth-order valence-corrected chi connectivity index (χ4v) is 1.72. The van der Waals surface area contributed by atoms with Crippen LogP contribution in [-0.2, 0) is 6.42 Å². The van der Waals surface area contributed by atoms with Crippen molar-refractivity contribution in [2.45, 2.75) is 32.2 Å². The number of hydrogen-bond acceptors (Lipinski definition) is 2. The normalized spacial score (nSPS) is 12.5. The predicted molar refractivity (Wildman–Crippen MR) is 64.5 cm³/mol. The van der Waals surface area contributed by atoms with Gasteiger partial charge in [0.05, 0.1) is 7.11 Å². The number of rotatable bonds is 6. The fourth-order valence-electron chi connectivity index (χ4n) is 1.72. The molecule has 0 spiro atoms. The van der Waals surface area contributed by atoms with Crippen LogP contribution >= 0.6 is 0 Å². The van der Waals surface area contributed by atoms with Crippen LogP contribution in [0.4, 0.5) is 0 Å². The van der Waals surface area contributed by atoms with Gasteiger partial charge in [-0.3, -0.25) is 0 Å². The highest BCUT2D eigenvalue weighted by molar-refractivity contribution is 5.28. The van der Waals surface area contributed by atoms with Crippen LogP contribution in [0.25, 0.3) is 0 Å². The smallest absolute Gasteiger partial charge is 0.119 e. The summed E-state index contributed by atoms with van der Waals surface area (Å²) in [6.07, 6.45) is 3.47. The average molecular weight is 207 g/mol. The van der Waals surface area contributed by atoms with Crippen molar-refractivity contribution in [3.8, 4) is 5.75 Å². The van der Waals surface area contributed by atoms with E-state index in [1.807, 2.05) is 13.1 Å². The van der Waals surface area contributed by atoms with E-state index >= 15 is 0 Å². The third-order valence-electron chi connectivity index (χ3n) is 2.82. The molecule has 0 aliphatic rings. The summed E-state index contributed by atoms with van der Waals surface area (Å²) in [5.74, 6) is 0.949. The van der Waals surface area contributed by atoms with Crippen molar-refractivity contribution in [3.63, 3.8) is 0 Å². The Morgan fingerprint density at radius 1 is 1.40 bits per heavy atom. The molecule has 15 heavy (non-hydrogen) atoms. The molecule has 0 bridgehead atoms. The summed E-state index contributed by atoms with van der Waals surface area (Å²) in [4.78, 5) is 0. The lowest BCUT2D eigenvalue weighted by Gasteiger charge is -2.13. The van der Waals surface area contributed by atoms with Gasteiger partial charge in [0, 0.05) is 6.04 Å². The van der Waals surface area contributed by atoms with Crippen LogP contribution in [0.2, 0.25) is 0 Å². The molecule has 1 unspecified atom stereocenters. The summed E-state index contributed by atoms with van der Waals surface area (Å²) in [6, 6.07) is 8.93. The maximum Gasteiger partial charge on any atom is 0.119 e. The van der Waals surface area contributed by atoms with Crippen molar-refractivity contribution in [3.05, 3.63) is 29.8 Å². The van der Waals surface area contributed by atoms with E-state index in [4.69, 9.17) is 4.74 Å². The number of nitrogens with one attached hydrogen (secondary N) is 1. The molecule has 2 nitrogen and oxygen atoms in total. The van der Waals surface area contributed by atoms with Crippen molar-refractivity contribution in [1.29, 1.82) is 0 Å². The lowest BCUT2D eigenvalue weighted by molar-refractivity contribution is 0.414. The van der Waals surface area contributed by atoms with E-state index in [9.17, 15) is 0 Å². The van der Waals surface area contributed by atoms with Crippen LogP contribution in [0.1, 0.15) is 25.3 Å². The summed E-state index contributed by atoms with van der Waals surface area (Å²) in [5.41, 5.74) is 1.35. The molecule has 0 radical (unpaired) electrons. The van der Waals surface area contributed by atoms with E-state index < -0.39 is 0 Å². The van der Waals surface area contributed by atoms with Crippen LogP contribution in [0, 0.1) is 0 Å². The summed E-state index contributed by atoms with van der Waals surface area (Å²) in [7, 11) is 3.74. The van der Waals surface area contributed by atoms with Crippen molar-refractivity contribution in [1.82, 2.24) is 5.32 Å². The monoisotopic (exact) mass is 207 g/mol. The Morgan fingerprint density at radius 2 is 2.20 bits per heavy atom. The van der Waals surface area contributed by atoms with Gasteiger partial charge in [0.1, 0.15) is 5.75 Å². The molecular formula is C13H21NO. The Hall–Kier alpha value is -1.02. The SMILES string of the molecule is CCC(CCc1cccc(OC)c1)NC. The highest BCUT2D eigenvalue weighted by Gasteiger charge is 2.03. The molecule has 1 rings (SSSR count). The van der Waals surface area contributed by atoms with Crippen molar-refractivity contribution in [2.75, 3.05) is 14.2 Å². The molecule has 0 aliphatic carbocycles. The first-order valence-electron chi connectivity index (χ1n) is 5.60. The van der Waals surface area contributed by atoms with Crippen molar-refractivity contribution in [2.24, 2.45) is 0 Å². The molecule has 1 aromatic rings. The van der Waals surface area contributed by atoms with Crippen LogP contribution in [0.3, 0.4) is 0 Å². The van der Waals surface area contributed by atoms with Gasteiger partial charge >= 0.3 is 0 Å². The van der Waals surface area contributed by atoms with Gasteiger partial charge in [0.25, 0.3) is 0 Å². The predicted octanol–water partition coefficient (Wildman–Crippen LogP) is 2.63. The Morgan fingerprint density at radius 3 is 2.80 bits per heavy atom. The summed E-state index contributed by atoms with van der Waals surface area (Å²) < 4.78 is 5.20. The number of methoxy groups -OCH3 is 1. The zero-order chi connectivity index (χ0) is 11.1. The van der Waals surface area contributed by atoms with Gasteiger partial charge in [-0.2, -0.15) is 0 Å². The molecule has 0 aromatic heterocycles. The van der Waals surface area contributed by atoms with Crippen LogP contribution < -0.4 is 10.1 Å². The zero-order valence-electron chi connectivity index (χ0n) is 9.92. The molecule has 1 N–H and O–H groups in total. The lowest BCUT2D eigenvalue weighted by Crippen LogP contribution is -2.24. The fraction of sp³-hybridized carbons (Fsp3) is 0.538. The largest absolute Gasteiger partial charge is 0.497 e. The maximum atomic E-state index is 5.20. The number of benzene rings is 1. The first-order chi connectivity index (χ1) is 7.30. The van der Waals surface area contributed by atoms with Crippen molar-refractivity contribution >= 4 is 0 Å². The van der Waals surface area contributed by atoms with Crippen LogP contribution in [0.5, 0.6) is 5.75 Å². The van der Waals surface area contributed by atoms with Crippen molar-refractivity contribution < 1.29 is 4.74 Å². The van der Waals surface area contributed by atoms with E-state index in [1.54, 1.807) is 7.11 Å².